The second-order valence-electron chi connectivity index (χ2n) is 5.79. The van der Waals surface area contributed by atoms with E-state index in [1.54, 1.807) is 18.2 Å². The third kappa shape index (κ3) is 4.80. The molecule has 0 saturated heterocycles. The molecule has 0 atom stereocenters. The van der Waals surface area contributed by atoms with Gasteiger partial charge in [0.1, 0.15) is 12.4 Å². The molecule has 0 aromatic heterocycles. The van der Waals surface area contributed by atoms with Crippen LogP contribution in [0.25, 0.3) is 0 Å². The average Bonchev–Trinajstić information content (AvgIpc) is 2.57. The summed E-state index contributed by atoms with van der Waals surface area (Å²) in [4.78, 5) is 12.4. The van der Waals surface area contributed by atoms with Crippen molar-refractivity contribution in [1.29, 1.82) is 0 Å². The summed E-state index contributed by atoms with van der Waals surface area (Å²) in [5.74, 6) is -1.01. The normalized spacial score (nSPS) is 11.5. The van der Waals surface area contributed by atoms with Gasteiger partial charge < -0.3 is 5.32 Å². The first-order valence-electron chi connectivity index (χ1n) is 7.63. The molecule has 140 valence electrons. The Balaban J connectivity index is 2.27. The van der Waals surface area contributed by atoms with Gasteiger partial charge in [-0.2, -0.15) is 12.7 Å². The molecule has 1 N–H and O–H groups in total. The molecule has 2 aromatic carbocycles. The third-order valence-corrected chi connectivity index (χ3v) is 6.29. The van der Waals surface area contributed by atoms with Crippen molar-refractivity contribution >= 4 is 43.4 Å². The Hall–Kier alpha value is -1.97. The maximum absolute atomic E-state index is 13.2. The van der Waals surface area contributed by atoms with Crippen LogP contribution in [0.5, 0.6) is 0 Å². The first-order valence-corrected chi connectivity index (χ1v) is 9.82. The Morgan fingerprint density at radius 2 is 1.77 bits per heavy atom. The Morgan fingerprint density at radius 3 is 2.31 bits per heavy atom. The minimum atomic E-state index is -3.93. The second kappa shape index (κ2) is 8.15. The van der Waals surface area contributed by atoms with Crippen molar-refractivity contribution in [2.45, 2.75) is 6.92 Å². The fraction of sp³-hybridized carbons (Fsp3) is 0.235. The minimum Gasteiger partial charge on any atom is -0.325 e. The monoisotopic (exact) mass is 443 g/mol. The van der Waals surface area contributed by atoms with E-state index in [2.05, 4.69) is 21.2 Å². The number of carbonyl (C=O) groups is 1. The topological polar surface area (TPSA) is 69.7 Å². The number of anilines is 2. The first kappa shape index (κ1) is 20.3. The smallest absolute Gasteiger partial charge is 0.304 e. The van der Waals surface area contributed by atoms with Gasteiger partial charge in [0.25, 0.3) is 0 Å². The van der Waals surface area contributed by atoms with Gasteiger partial charge in [0.05, 0.1) is 5.69 Å². The maximum Gasteiger partial charge on any atom is 0.304 e. The van der Waals surface area contributed by atoms with Gasteiger partial charge in [0.15, 0.2) is 0 Å². The molecule has 2 rings (SSSR count). The molecule has 0 aliphatic heterocycles. The number of nitrogens with zero attached hydrogens (tertiary/aromatic N) is 2. The van der Waals surface area contributed by atoms with Crippen LogP contribution in [-0.2, 0) is 15.0 Å². The van der Waals surface area contributed by atoms with Gasteiger partial charge in [-0.3, -0.25) is 4.79 Å². The van der Waals surface area contributed by atoms with Gasteiger partial charge in [-0.1, -0.05) is 15.9 Å². The summed E-state index contributed by atoms with van der Waals surface area (Å²) in [5, 5.41) is 2.67. The molecule has 1 amide bonds. The molecule has 0 fully saturated rings. The van der Waals surface area contributed by atoms with Crippen molar-refractivity contribution < 1.29 is 17.6 Å². The average molecular weight is 444 g/mol. The molecule has 2 aromatic rings. The van der Waals surface area contributed by atoms with Crippen LogP contribution in [-0.4, -0.2) is 39.3 Å². The highest BCUT2D eigenvalue weighted by Gasteiger charge is 2.27. The van der Waals surface area contributed by atoms with Gasteiger partial charge in [-0.15, -0.1) is 0 Å². The highest BCUT2D eigenvalue weighted by Crippen LogP contribution is 2.22. The largest absolute Gasteiger partial charge is 0.325 e. The summed E-state index contributed by atoms with van der Waals surface area (Å²) in [5.41, 5.74) is 1.68. The number of halogens is 2. The lowest BCUT2D eigenvalue weighted by Gasteiger charge is -2.27. The van der Waals surface area contributed by atoms with Crippen molar-refractivity contribution in [2.75, 3.05) is 30.3 Å². The third-order valence-electron chi connectivity index (χ3n) is 3.58. The van der Waals surface area contributed by atoms with E-state index in [9.17, 15) is 17.6 Å². The zero-order valence-corrected chi connectivity index (χ0v) is 16.9. The van der Waals surface area contributed by atoms with Crippen LogP contribution in [0.4, 0.5) is 15.8 Å². The summed E-state index contributed by atoms with van der Waals surface area (Å²) in [6.45, 7) is 1.43. The fourth-order valence-corrected chi connectivity index (χ4v) is 3.47. The number of benzene rings is 2. The molecule has 6 nitrogen and oxygen atoms in total. The van der Waals surface area contributed by atoms with E-state index in [0.29, 0.717) is 5.69 Å². The highest BCUT2D eigenvalue weighted by molar-refractivity contribution is 9.10. The molecule has 9 heteroatoms. The van der Waals surface area contributed by atoms with Crippen molar-refractivity contribution in [1.82, 2.24) is 4.31 Å². The Bertz CT molecular complexity index is 902. The van der Waals surface area contributed by atoms with Gasteiger partial charge in [-0.25, -0.2) is 8.70 Å². The zero-order valence-electron chi connectivity index (χ0n) is 14.5. The van der Waals surface area contributed by atoms with Crippen molar-refractivity contribution in [2.24, 2.45) is 0 Å². The van der Waals surface area contributed by atoms with Crippen LogP contribution in [0, 0.1) is 12.7 Å². The van der Waals surface area contributed by atoms with E-state index in [1.165, 1.54) is 26.2 Å². The lowest BCUT2D eigenvalue weighted by molar-refractivity contribution is -0.114. The van der Waals surface area contributed by atoms with E-state index in [0.717, 1.165) is 30.8 Å². The van der Waals surface area contributed by atoms with Gasteiger partial charge in [0.2, 0.25) is 5.91 Å². The van der Waals surface area contributed by atoms with Crippen LogP contribution >= 0.6 is 15.9 Å². The van der Waals surface area contributed by atoms with E-state index < -0.39 is 28.5 Å². The number of hydrogen-bond acceptors (Lipinski definition) is 3. The molecule has 0 aliphatic carbocycles. The summed E-state index contributed by atoms with van der Waals surface area (Å²) < 4.78 is 41.1. The molecule has 0 spiro atoms. The van der Waals surface area contributed by atoms with Crippen molar-refractivity contribution in [3.8, 4) is 0 Å². The van der Waals surface area contributed by atoms with Crippen LogP contribution < -0.4 is 9.62 Å². The number of amides is 1. The number of nitrogens with one attached hydrogen (secondary N) is 1. The van der Waals surface area contributed by atoms with Gasteiger partial charge >= 0.3 is 10.2 Å². The van der Waals surface area contributed by atoms with Crippen LogP contribution in [0.1, 0.15) is 5.56 Å². The molecular weight excluding hydrogens is 425 g/mol. The molecule has 0 saturated carbocycles. The Labute approximate surface area is 160 Å². The van der Waals surface area contributed by atoms with Crippen LogP contribution in [0.15, 0.2) is 46.9 Å². The molecule has 0 heterocycles. The molecule has 0 bridgehead atoms. The second-order valence-corrected chi connectivity index (χ2v) is 8.71. The number of aryl methyl sites for hydroxylation is 1. The summed E-state index contributed by atoms with van der Waals surface area (Å²) in [6, 6.07) is 10.2. The van der Waals surface area contributed by atoms with E-state index >= 15 is 0 Å². The molecule has 26 heavy (non-hydrogen) atoms. The van der Waals surface area contributed by atoms with E-state index in [4.69, 9.17) is 0 Å². The lowest BCUT2D eigenvalue weighted by atomic mass is 10.2. The predicted octanol–water partition coefficient (Wildman–Crippen LogP) is 3.15. The van der Waals surface area contributed by atoms with Crippen LogP contribution in [0.2, 0.25) is 0 Å². The van der Waals surface area contributed by atoms with Gasteiger partial charge in [0, 0.05) is 24.3 Å². The quantitative estimate of drug-likeness (QED) is 0.745. The standard InChI is InChI=1S/C17H19BrFN3O3S/c1-12-10-14(6-9-16(12)18)20-17(23)11-22(26(24,25)21(2)3)15-7-4-13(19)5-8-15/h4-10H,11H2,1-3H3,(H,20,23). The number of carbonyl (C=O) groups excluding carboxylic acids is 1. The number of rotatable bonds is 6. The summed E-state index contributed by atoms with van der Waals surface area (Å²) in [7, 11) is -1.21. The Kier molecular flexibility index (Phi) is 6.38. The fourth-order valence-electron chi connectivity index (χ4n) is 2.16. The summed E-state index contributed by atoms with van der Waals surface area (Å²) >= 11 is 3.38. The molecule has 0 unspecified atom stereocenters. The van der Waals surface area contributed by atoms with E-state index in [-0.39, 0.29) is 5.69 Å². The predicted molar refractivity (Wildman–Crippen MR) is 104 cm³/mol. The molecule has 0 aliphatic rings. The minimum absolute atomic E-state index is 0.197. The maximum atomic E-state index is 13.2. The lowest BCUT2D eigenvalue weighted by Crippen LogP contribution is -2.44. The zero-order chi connectivity index (χ0) is 19.5. The van der Waals surface area contributed by atoms with Crippen molar-refractivity contribution in [3.05, 3.63) is 58.3 Å². The highest BCUT2D eigenvalue weighted by atomic mass is 79.9. The first-order chi connectivity index (χ1) is 12.1. The number of hydrogen-bond donors (Lipinski definition) is 1. The Morgan fingerprint density at radius 1 is 1.15 bits per heavy atom. The summed E-state index contributed by atoms with van der Waals surface area (Å²) in [6.07, 6.45) is 0. The van der Waals surface area contributed by atoms with Gasteiger partial charge in [-0.05, 0) is 55.0 Å². The molecular formula is C17H19BrFN3O3S. The SMILES string of the molecule is Cc1cc(NC(=O)CN(c2ccc(F)cc2)S(=O)(=O)N(C)C)ccc1Br. The molecule has 0 radical (unpaired) electrons. The van der Waals surface area contributed by atoms with Crippen molar-refractivity contribution in [3.63, 3.8) is 0 Å². The van der Waals surface area contributed by atoms with E-state index in [1.807, 2.05) is 6.92 Å². The van der Waals surface area contributed by atoms with Crippen LogP contribution in [0.3, 0.4) is 0 Å².